The zero-order valence-corrected chi connectivity index (χ0v) is 10.0. The fourth-order valence-corrected chi connectivity index (χ4v) is 1.97. The van der Waals surface area contributed by atoms with Gasteiger partial charge in [-0.25, -0.2) is 0 Å². The molecule has 1 aromatic heterocycles. The van der Waals surface area contributed by atoms with Gasteiger partial charge in [-0.3, -0.25) is 0 Å². The summed E-state index contributed by atoms with van der Waals surface area (Å²) in [6, 6.07) is 2.35. The molecule has 0 radical (unpaired) electrons. The number of halogens is 1. The second kappa shape index (κ2) is 6.04. The summed E-state index contributed by atoms with van der Waals surface area (Å²) >= 11 is 3.40. The molecule has 0 aliphatic heterocycles. The van der Waals surface area contributed by atoms with E-state index in [0.717, 1.165) is 24.1 Å². The highest BCUT2D eigenvalue weighted by molar-refractivity contribution is 9.10. The van der Waals surface area contributed by atoms with Crippen LogP contribution in [0.25, 0.3) is 0 Å². The van der Waals surface area contributed by atoms with Crippen LogP contribution in [0.5, 0.6) is 0 Å². The van der Waals surface area contributed by atoms with Crippen LogP contribution in [0.15, 0.2) is 34.1 Å². The van der Waals surface area contributed by atoms with Crippen molar-refractivity contribution < 1.29 is 4.42 Å². The standard InChI is InChI=1S/C11H16BrNO/c1-3-5-6-10(13-4-2)9-7-8-14-11(9)12/h3,7-8,10,13H,1,4-6H2,2H3. The molecule has 0 bridgehead atoms. The molecular formula is C11H16BrNO. The number of nitrogens with one attached hydrogen (secondary N) is 1. The van der Waals surface area contributed by atoms with Crippen LogP contribution in [0.4, 0.5) is 0 Å². The maximum Gasteiger partial charge on any atom is 0.173 e. The molecule has 0 amide bonds. The fourth-order valence-electron chi connectivity index (χ4n) is 1.45. The molecule has 1 atom stereocenters. The molecule has 0 saturated heterocycles. The van der Waals surface area contributed by atoms with Crippen LogP contribution in [-0.2, 0) is 0 Å². The Kier molecular flexibility index (Phi) is 4.98. The molecule has 1 N–H and O–H groups in total. The van der Waals surface area contributed by atoms with Gasteiger partial charge in [-0.2, -0.15) is 0 Å². The van der Waals surface area contributed by atoms with Gasteiger partial charge in [-0.1, -0.05) is 13.0 Å². The number of furan rings is 1. The molecule has 0 aliphatic carbocycles. The third kappa shape index (κ3) is 3.00. The molecule has 0 aromatic carbocycles. The van der Waals surface area contributed by atoms with E-state index in [1.165, 1.54) is 5.56 Å². The molecule has 3 heteroatoms. The molecular weight excluding hydrogens is 242 g/mol. The SMILES string of the molecule is C=CCCC(NCC)c1ccoc1Br. The van der Waals surface area contributed by atoms with Crippen molar-refractivity contribution in [2.24, 2.45) is 0 Å². The Morgan fingerprint density at radius 2 is 2.50 bits per heavy atom. The Morgan fingerprint density at radius 3 is 3.00 bits per heavy atom. The van der Waals surface area contributed by atoms with Gasteiger partial charge in [0.05, 0.1) is 6.26 Å². The van der Waals surface area contributed by atoms with E-state index in [0.29, 0.717) is 6.04 Å². The van der Waals surface area contributed by atoms with E-state index in [4.69, 9.17) is 4.42 Å². The predicted molar refractivity (Wildman–Crippen MR) is 62.3 cm³/mol. The number of allylic oxidation sites excluding steroid dienone is 1. The number of rotatable bonds is 6. The van der Waals surface area contributed by atoms with E-state index in [-0.39, 0.29) is 0 Å². The van der Waals surface area contributed by atoms with Gasteiger partial charge in [0.25, 0.3) is 0 Å². The average molecular weight is 258 g/mol. The summed E-state index contributed by atoms with van der Waals surface area (Å²) in [4.78, 5) is 0. The zero-order valence-electron chi connectivity index (χ0n) is 8.42. The lowest BCUT2D eigenvalue weighted by molar-refractivity contribution is 0.491. The van der Waals surface area contributed by atoms with Crippen LogP contribution in [0.3, 0.4) is 0 Å². The first kappa shape index (κ1) is 11.5. The van der Waals surface area contributed by atoms with Gasteiger partial charge >= 0.3 is 0 Å². The molecule has 1 unspecified atom stereocenters. The monoisotopic (exact) mass is 257 g/mol. The van der Waals surface area contributed by atoms with Gasteiger partial charge in [0, 0.05) is 11.6 Å². The summed E-state index contributed by atoms with van der Waals surface area (Å²) in [7, 11) is 0. The van der Waals surface area contributed by atoms with E-state index in [9.17, 15) is 0 Å². The fraction of sp³-hybridized carbons (Fsp3) is 0.455. The summed E-state index contributed by atoms with van der Waals surface area (Å²) in [6.45, 7) is 6.80. The van der Waals surface area contributed by atoms with Gasteiger partial charge in [0.2, 0.25) is 0 Å². The first-order valence-corrected chi connectivity index (χ1v) is 5.66. The molecule has 0 spiro atoms. The minimum atomic E-state index is 0.353. The Hall–Kier alpha value is -0.540. The number of hydrogen-bond donors (Lipinski definition) is 1. The molecule has 78 valence electrons. The van der Waals surface area contributed by atoms with Crippen molar-refractivity contribution in [3.8, 4) is 0 Å². The minimum absolute atomic E-state index is 0.353. The Morgan fingerprint density at radius 1 is 1.71 bits per heavy atom. The predicted octanol–water partition coefficient (Wildman–Crippen LogP) is 3.66. The van der Waals surface area contributed by atoms with Crippen molar-refractivity contribution in [1.29, 1.82) is 0 Å². The van der Waals surface area contributed by atoms with E-state index in [1.807, 2.05) is 12.1 Å². The normalized spacial score (nSPS) is 12.7. The van der Waals surface area contributed by atoms with Crippen molar-refractivity contribution in [3.05, 3.63) is 35.2 Å². The van der Waals surface area contributed by atoms with Crippen molar-refractivity contribution >= 4 is 15.9 Å². The maximum absolute atomic E-state index is 5.22. The first-order valence-electron chi connectivity index (χ1n) is 4.86. The molecule has 0 aliphatic rings. The van der Waals surface area contributed by atoms with Crippen molar-refractivity contribution in [3.63, 3.8) is 0 Å². The molecule has 14 heavy (non-hydrogen) atoms. The highest BCUT2D eigenvalue weighted by Crippen LogP contribution is 2.27. The summed E-state index contributed by atoms with van der Waals surface area (Å²) < 4.78 is 6.05. The van der Waals surface area contributed by atoms with Gasteiger partial charge in [0.1, 0.15) is 0 Å². The van der Waals surface area contributed by atoms with Crippen LogP contribution in [0.1, 0.15) is 31.4 Å². The molecule has 2 nitrogen and oxygen atoms in total. The van der Waals surface area contributed by atoms with Crippen LogP contribution in [0.2, 0.25) is 0 Å². The van der Waals surface area contributed by atoms with Gasteiger partial charge in [0.15, 0.2) is 4.67 Å². The van der Waals surface area contributed by atoms with E-state index >= 15 is 0 Å². The van der Waals surface area contributed by atoms with Gasteiger partial charge in [-0.05, 0) is 41.4 Å². The minimum Gasteiger partial charge on any atom is -0.457 e. The summed E-state index contributed by atoms with van der Waals surface area (Å²) in [5.74, 6) is 0. The highest BCUT2D eigenvalue weighted by atomic mass is 79.9. The quantitative estimate of drug-likeness (QED) is 0.788. The number of hydrogen-bond acceptors (Lipinski definition) is 2. The first-order chi connectivity index (χ1) is 6.79. The second-order valence-electron chi connectivity index (χ2n) is 3.13. The molecule has 1 aromatic rings. The summed E-state index contributed by atoms with van der Waals surface area (Å²) in [5.41, 5.74) is 1.19. The van der Waals surface area contributed by atoms with Gasteiger partial charge < -0.3 is 9.73 Å². The smallest absolute Gasteiger partial charge is 0.173 e. The highest BCUT2D eigenvalue weighted by Gasteiger charge is 2.14. The van der Waals surface area contributed by atoms with Crippen LogP contribution < -0.4 is 5.32 Å². The van der Waals surface area contributed by atoms with E-state index in [1.54, 1.807) is 6.26 Å². The lowest BCUT2D eigenvalue weighted by atomic mass is 10.1. The van der Waals surface area contributed by atoms with Crippen LogP contribution in [-0.4, -0.2) is 6.54 Å². The van der Waals surface area contributed by atoms with E-state index in [2.05, 4.69) is 34.7 Å². The summed E-state index contributed by atoms with van der Waals surface area (Å²) in [6.07, 6.45) is 5.71. The Labute approximate surface area is 93.5 Å². The van der Waals surface area contributed by atoms with Crippen molar-refractivity contribution in [2.45, 2.75) is 25.8 Å². The van der Waals surface area contributed by atoms with Crippen molar-refractivity contribution in [2.75, 3.05) is 6.54 Å². The van der Waals surface area contributed by atoms with Crippen LogP contribution in [0, 0.1) is 0 Å². The lowest BCUT2D eigenvalue weighted by Crippen LogP contribution is -2.20. The zero-order chi connectivity index (χ0) is 10.4. The Bertz CT molecular complexity index is 283. The lowest BCUT2D eigenvalue weighted by Gasteiger charge is -2.15. The molecule has 0 saturated carbocycles. The molecule has 0 fully saturated rings. The molecule has 1 rings (SSSR count). The maximum atomic E-state index is 5.22. The van der Waals surface area contributed by atoms with Crippen LogP contribution >= 0.6 is 15.9 Å². The largest absolute Gasteiger partial charge is 0.457 e. The average Bonchev–Trinajstić information content (AvgIpc) is 2.59. The third-order valence-electron chi connectivity index (χ3n) is 2.13. The van der Waals surface area contributed by atoms with E-state index < -0.39 is 0 Å². The van der Waals surface area contributed by atoms with Crippen molar-refractivity contribution in [1.82, 2.24) is 5.32 Å². The topological polar surface area (TPSA) is 25.2 Å². The Balaban J connectivity index is 2.66. The summed E-state index contributed by atoms with van der Waals surface area (Å²) in [5, 5.41) is 3.42. The molecule has 1 heterocycles. The second-order valence-corrected chi connectivity index (χ2v) is 3.85. The third-order valence-corrected chi connectivity index (χ3v) is 2.78. The van der Waals surface area contributed by atoms with Gasteiger partial charge in [-0.15, -0.1) is 6.58 Å².